The number of benzene rings is 3. The second kappa shape index (κ2) is 13.3. The van der Waals surface area contributed by atoms with Gasteiger partial charge in [0.25, 0.3) is 5.91 Å². The van der Waals surface area contributed by atoms with Crippen LogP contribution in [0.5, 0.6) is 11.5 Å². The normalized spacial score (nSPS) is 16.4. The van der Waals surface area contributed by atoms with E-state index >= 15 is 0 Å². The number of nitrogens with one attached hydrogen (secondary N) is 1. The largest absolute Gasteiger partial charge is 0.497 e. The number of ether oxygens (including phenoxy) is 2. The average molecular weight is 571 g/mol. The molecule has 5 rings (SSSR count). The number of rotatable bonds is 11. The number of hydrogen-bond acceptors (Lipinski definition) is 6. The summed E-state index contributed by atoms with van der Waals surface area (Å²) in [4.78, 5) is 32.1. The van der Waals surface area contributed by atoms with Crippen molar-refractivity contribution in [1.29, 1.82) is 0 Å². The molecule has 0 saturated carbocycles. The highest BCUT2D eigenvalue weighted by atomic mass is 16.5. The van der Waals surface area contributed by atoms with Crippen LogP contribution in [0.1, 0.15) is 48.2 Å². The molecule has 2 fully saturated rings. The van der Waals surface area contributed by atoms with Crippen LogP contribution in [0.4, 0.5) is 5.69 Å². The predicted molar refractivity (Wildman–Crippen MR) is 165 cm³/mol. The minimum absolute atomic E-state index is 0.0573. The Morgan fingerprint density at radius 3 is 2.36 bits per heavy atom. The summed E-state index contributed by atoms with van der Waals surface area (Å²) in [6.45, 7) is 8.96. The summed E-state index contributed by atoms with van der Waals surface area (Å²) in [5.74, 6) is 1.81. The highest BCUT2D eigenvalue weighted by Gasteiger charge is 2.50. The first-order valence-corrected chi connectivity index (χ1v) is 15.0. The van der Waals surface area contributed by atoms with Gasteiger partial charge in [-0.25, -0.2) is 0 Å². The van der Waals surface area contributed by atoms with E-state index < -0.39 is 5.54 Å². The lowest BCUT2D eigenvalue weighted by Crippen LogP contribution is -2.56. The van der Waals surface area contributed by atoms with Crippen molar-refractivity contribution in [2.75, 3.05) is 58.0 Å². The summed E-state index contributed by atoms with van der Waals surface area (Å²) < 4.78 is 11.8. The van der Waals surface area contributed by atoms with E-state index in [0.29, 0.717) is 38.3 Å². The summed E-state index contributed by atoms with van der Waals surface area (Å²) >= 11 is 0. The zero-order valence-corrected chi connectivity index (χ0v) is 25.0. The summed E-state index contributed by atoms with van der Waals surface area (Å²) in [7, 11) is 1.67. The van der Waals surface area contributed by atoms with E-state index in [2.05, 4.69) is 27.2 Å². The number of nitrogens with zero attached hydrogens (tertiary/aromatic N) is 3. The molecule has 2 saturated heterocycles. The van der Waals surface area contributed by atoms with Crippen LogP contribution in [0.3, 0.4) is 0 Å². The zero-order valence-electron chi connectivity index (χ0n) is 25.0. The predicted octanol–water partition coefficient (Wildman–Crippen LogP) is 4.58. The van der Waals surface area contributed by atoms with Gasteiger partial charge in [0.2, 0.25) is 5.91 Å². The van der Waals surface area contributed by atoms with E-state index in [-0.39, 0.29) is 11.8 Å². The van der Waals surface area contributed by atoms with Crippen molar-refractivity contribution in [1.82, 2.24) is 15.1 Å². The maximum absolute atomic E-state index is 13.0. The second-order valence-corrected chi connectivity index (χ2v) is 11.0. The number of amides is 2. The third kappa shape index (κ3) is 6.23. The van der Waals surface area contributed by atoms with Crippen molar-refractivity contribution >= 4 is 17.5 Å². The first kappa shape index (κ1) is 29.5. The van der Waals surface area contributed by atoms with Crippen LogP contribution in [-0.2, 0) is 11.2 Å². The van der Waals surface area contributed by atoms with Crippen molar-refractivity contribution in [2.45, 2.75) is 38.6 Å². The smallest absolute Gasteiger partial charge is 0.253 e. The van der Waals surface area contributed by atoms with Gasteiger partial charge in [-0.3, -0.25) is 14.5 Å². The molecule has 0 aliphatic carbocycles. The number of carbonyl (C=O) groups is 2. The molecular formula is C34H42N4O4. The molecule has 1 spiro atoms. The fourth-order valence-electron chi connectivity index (χ4n) is 6.10. The number of likely N-dealkylation sites (tertiary alicyclic amines) is 1. The molecule has 0 bridgehead atoms. The van der Waals surface area contributed by atoms with Crippen molar-refractivity contribution < 1.29 is 19.1 Å². The molecule has 2 aliphatic rings. The van der Waals surface area contributed by atoms with Gasteiger partial charge in [-0.2, -0.15) is 0 Å². The van der Waals surface area contributed by atoms with Crippen LogP contribution in [0, 0.1) is 0 Å². The van der Waals surface area contributed by atoms with Gasteiger partial charge in [0, 0.05) is 56.0 Å². The minimum Gasteiger partial charge on any atom is -0.497 e. The molecule has 42 heavy (non-hydrogen) atoms. The quantitative estimate of drug-likeness (QED) is 0.364. The molecule has 2 aliphatic heterocycles. The number of hydrogen-bond donors (Lipinski definition) is 1. The number of methoxy groups -OCH3 is 1. The third-order valence-corrected chi connectivity index (χ3v) is 8.67. The van der Waals surface area contributed by atoms with E-state index in [1.54, 1.807) is 7.11 Å². The molecule has 3 aromatic carbocycles. The summed E-state index contributed by atoms with van der Waals surface area (Å²) in [5, 5.41) is 3.08. The molecule has 1 N–H and O–H groups in total. The Hall–Kier alpha value is -4.04. The monoisotopic (exact) mass is 570 g/mol. The standard InChI is InChI=1S/C34H42N4O4/c1-4-37(5-2)32(39)27-13-11-26(12-14-27)23-28-24-30(41-3)15-16-31(28)42-22-21-36-19-17-34(18-20-36)33(40)35-25-38(34)29-9-7-6-8-10-29/h6-16,24H,4-5,17-23,25H2,1-3H3,(H,35,40). The van der Waals surface area contributed by atoms with Gasteiger partial charge in [0.1, 0.15) is 23.6 Å². The van der Waals surface area contributed by atoms with Crippen LogP contribution in [0.2, 0.25) is 0 Å². The molecule has 2 amide bonds. The number of para-hydroxylation sites is 1. The summed E-state index contributed by atoms with van der Waals surface area (Å²) in [5.41, 5.74) is 3.45. The summed E-state index contributed by atoms with van der Waals surface area (Å²) in [6.07, 6.45) is 2.24. The topological polar surface area (TPSA) is 74.3 Å². The highest BCUT2D eigenvalue weighted by molar-refractivity contribution is 5.94. The Morgan fingerprint density at radius 2 is 1.69 bits per heavy atom. The van der Waals surface area contributed by atoms with E-state index in [4.69, 9.17) is 9.47 Å². The highest BCUT2D eigenvalue weighted by Crippen LogP contribution is 2.36. The molecule has 0 atom stereocenters. The van der Waals surface area contributed by atoms with E-state index in [1.807, 2.05) is 79.4 Å². The van der Waals surface area contributed by atoms with Crippen molar-refractivity contribution in [2.24, 2.45) is 0 Å². The Kier molecular flexibility index (Phi) is 9.32. The molecule has 222 valence electrons. The first-order chi connectivity index (χ1) is 20.5. The van der Waals surface area contributed by atoms with Crippen LogP contribution in [0.25, 0.3) is 0 Å². The minimum atomic E-state index is -0.479. The molecular weight excluding hydrogens is 528 g/mol. The lowest BCUT2D eigenvalue weighted by Gasteiger charge is -2.43. The van der Waals surface area contributed by atoms with Crippen LogP contribution in [-0.4, -0.2) is 80.3 Å². The molecule has 8 heteroatoms. The Bertz CT molecular complexity index is 1350. The fraction of sp³-hybridized carbons (Fsp3) is 0.412. The van der Waals surface area contributed by atoms with Crippen molar-refractivity contribution in [3.05, 3.63) is 89.5 Å². The van der Waals surface area contributed by atoms with Crippen LogP contribution in [0.15, 0.2) is 72.8 Å². The maximum Gasteiger partial charge on any atom is 0.253 e. The Balaban J connectivity index is 1.19. The van der Waals surface area contributed by atoms with E-state index in [0.717, 1.165) is 60.8 Å². The molecule has 3 aromatic rings. The Morgan fingerprint density at radius 1 is 0.976 bits per heavy atom. The van der Waals surface area contributed by atoms with Gasteiger partial charge >= 0.3 is 0 Å². The number of anilines is 1. The maximum atomic E-state index is 13.0. The molecule has 8 nitrogen and oxygen atoms in total. The molecule has 2 heterocycles. The lowest BCUT2D eigenvalue weighted by atomic mass is 9.85. The van der Waals surface area contributed by atoms with Crippen LogP contribution < -0.4 is 19.7 Å². The third-order valence-electron chi connectivity index (χ3n) is 8.67. The molecule has 0 unspecified atom stereocenters. The van der Waals surface area contributed by atoms with Gasteiger partial charge in [0.15, 0.2) is 0 Å². The van der Waals surface area contributed by atoms with Crippen molar-refractivity contribution in [3.63, 3.8) is 0 Å². The van der Waals surface area contributed by atoms with Gasteiger partial charge < -0.3 is 24.6 Å². The number of piperidine rings is 1. The van der Waals surface area contributed by atoms with E-state index in [9.17, 15) is 9.59 Å². The second-order valence-electron chi connectivity index (χ2n) is 11.0. The fourth-order valence-corrected chi connectivity index (χ4v) is 6.10. The van der Waals surface area contributed by atoms with Gasteiger partial charge in [0.05, 0.1) is 13.8 Å². The van der Waals surface area contributed by atoms with E-state index in [1.165, 1.54) is 0 Å². The summed E-state index contributed by atoms with van der Waals surface area (Å²) in [6, 6.07) is 24.0. The Labute approximate surface area is 249 Å². The van der Waals surface area contributed by atoms with Crippen molar-refractivity contribution in [3.8, 4) is 11.5 Å². The number of carbonyl (C=O) groups excluding carboxylic acids is 2. The van der Waals surface area contributed by atoms with Gasteiger partial charge in [-0.05, 0) is 74.7 Å². The van der Waals surface area contributed by atoms with Gasteiger partial charge in [-0.1, -0.05) is 30.3 Å². The first-order valence-electron chi connectivity index (χ1n) is 15.0. The zero-order chi connectivity index (χ0) is 29.5. The average Bonchev–Trinajstić information content (AvgIpc) is 3.34. The molecule has 0 radical (unpaired) electrons. The molecule has 0 aromatic heterocycles. The van der Waals surface area contributed by atoms with Crippen LogP contribution >= 0.6 is 0 Å². The lowest BCUT2D eigenvalue weighted by molar-refractivity contribution is -0.125. The van der Waals surface area contributed by atoms with Gasteiger partial charge in [-0.15, -0.1) is 0 Å². The SMILES string of the molecule is CCN(CC)C(=O)c1ccc(Cc2cc(OC)ccc2OCCN2CCC3(CC2)C(=O)NCN3c2ccccc2)cc1.